The third kappa shape index (κ3) is 5.49. The second kappa shape index (κ2) is 8.54. The molecule has 2 N–H and O–H groups in total. The molecule has 106 valence electrons. The second-order valence-corrected chi connectivity index (χ2v) is 6.04. The summed E-state index contributed by atoms with van der Waals surface area (Å²) in [5.41, 5.74) is 0.0804. The molecule has 1 rings (SSSR count). The lowest BCUT2D eigenvalue weighted by molar-refractivity contribution is -0.384. The smallest absolute Gasteiger partial charge is 0.293 e. The number of benzene rings is 1. The van der Waals surface area contributed by atoms with Crippen LogP contribution in [0.25, 0.3) is 0 Å². The summed E-state index contributed by atoms with van der Waals surface area (Å²) in [5, 5.41) is 22.3. The first kappa shape index (κ1) is 16.4. The van der Waals surface area contributed by atoms with Gasteiger partial charge >= 0.3 is 0 Å². The molecule has 0 atom stereocenters. The molecule has 0 aromatic heterocycles. The fourth-order valence-corrected chi connectivity index (χ4v) is 2.59. The molecule has 0 unspecified atom stereocenters. The number of anilines is 1. The van der Waals surface area contributed by atoms with Crippen LogP contribution < -0.4 is 5.32 Å². The zero-order valence-electron chi connectivity index (χ0n) is 10.1. The molecule has 0 spiro atoms. The van der Waals surface area contributed by atoms with Crippen LogP contribution in [0.1, 0.15) is 6.42 Å². The summed E-state index contributed by atoms with van der Waals surface area (Å²) in [7, 11) is 0. The van der Waals surface area contributed by atoms with Crippen LogP contribution in [-0.4, -0.2) is 34.7 Å². The lowest BCUT2D eigenvalue weighted by Gasteiger charge is -2.08. The largest absolute Gasteiger partial charge is 0.396 e. The topological polar surface area (TPSA) is 75.4 Å². The van der Waals surface area contributed by atoms with Crippen molar-refractivity contribution in [3.05, 3.63) is 31.6 Å². The summed E-state index contributed by atoms with van der Waals surface area (Å²) in [6.07, 6.45) is 0.725. The van der Waals surface area contributed by atoms with Crippen LogP contribution in [0.4, 0.5) is 15.8 Å². The van der Waals surface area contributed by atoms with Crippen LogP contribution in [0, 0.1) is 19.5 Å². The maximum Gasteiger partial charge on any atom is 0.293 e. The van der Waals surface area contributed by atoms with Gasteiger partial charge in [0.15, 0.2) is 0 Å². The third-order valence-corrected chi connectivity index (χ3v) is 4.14. The zero-order valence-corrected chi connectivity index (χ0v) is 13.0. The van der Waals surface area contributed by atoms with E-state index < -0.39 is 10.7 Å². The van der Waals surface area contributed by atoms with Crippen LogP contribution in [0.15, 0.2) is 12.1 Å². The van der Waals surface area contributed by atoms with Crippen LogP contribution in [0.5, 0.6) is 0 Å². The summed E-state index contributed by atoms with van der Waals surface area (Å²) < 4.78 is 13.6. The molecule has 0 aliphatic heterocycles. The molecule has 0 radical (unpaired) electrons. The number of aliphatic hydroxyl groups excluding tert-OH is 1. The Morgan fingerprint density at radius 2 is 2.21 bits per heavy atom. The Morgan fingerprint density at radius 1 is 1.47 bits per heavy atom. The van der Waals surface area contributed by atoms with E-state index in [4.69, 9.17) is 5.11 Å². The van der Waals surface area contributed by atoms with Gasteiger partial charge in [-0.2, -0.15) is 11.8 Å². The number of aliphatic hydroxyl groups is 1. The van der Waals surface area contributed by atoms with Gasteiger partial charge in [-0.3, -0.25) is 10.1 Å². The first-order valence-corrected chi connectivity index (χ1v) is 7.85. The van der Waals surface area contributed by atoms with Gasteiger partial charge in [0.25, 0.3) is 5.69 Å². The summed E-state index contributed by atoms with van der Waals surface area (Å²) in [4.78, 5) is 10.3. The van der Waals surface area contributed by atoms with E-state index in [0.717, 1.165) is 24.0 Å². The fraction of sp³-hybridized carbons (Fsp3) is 0.455. The number of nitro groups is 1. The van der Waals surface area contributed by atoms with E-state index in [9.17, 15) is 14.5 Å². The minimum absolute atomic E-state index is 0.119. The molecule has 0 aliphatic rings. The summed E-state index contributed by atoms with van der Waals surface area (Å²) in [6.45, 7) is 0.672. The average molecular weight is 400 g/mol. The van der Waals surface area contributed by atoms with E-state index in [1.165, 1.54) is 6.07 Å². The maximum atomic E-state index is 13.4. The Balaban J connectivity index is 2.57. The molecule has 1 aromatic carbocycles. The van der Waals surface area contributed by atoms with Crippen molar-refractivity contribution >= 4 is 45.7 Å². The molecule has 0 saturated heterocycles. The van der Waals surface area contributed by atoms with E-state index in [1.54, 1.807) is 34.4 Å². The normalized spacial score (nSPS) is 10.5. The van der Waals surface area contributed by atoms with Crippen LogP contribution in [0.2, 0.25) is 0 Å². The minimum Gasteiger partial charge on any atom is -0.396 e. The monoisotopic (exact) mass is 400 g/mol. The molecular weight excluding hydrogens is 386 g/mol. The Bertz CT molecular complexity index is 448. The number of halogens is 2. The van der Waals surface area contributed by atoms with Gasteiger partial charge in [0, 0.05) is 31.0 Å². The van der Waals surface area contributed by atoms with Crippen molar-refractivity contribution in [2.45, 2.75) is 6.42 Å². The molecule has 0 bridgehead atoms. The van der Waals surface area contributed by atoms with Gasteiger partial charge < -0.3 is 10.4 Å². The molecule has 1 aromatic rings. The van der Waals surface area contributed by atoms with Crippen LogP contribution in [-0.2, 0) is 0 Å². The van der Waals surface area contributed by atoms with E-state index in [-0.39, 0.29) is 21.6 Å². The van der Waals surface area contributed by atoms with Crippen molar-refractivity contribution in [3.8, 4) is 0 Å². The molecule has 0 amide bonds. The first-order chi connectivity index (χ1) is 9.06. The van der Waals surface area contributed by atoms with Crippen molar-refractivity contribution in [2.24, 2.45) is 0 Å². The van der Waals surface area contributed by atoms with Crippen molar-refractivity contribution in [1.29, 1.82) is 0 Å². The summed E-state index contributed by atoms with van der Waals surface area (Å²) in [6, 6.07) is 2.37. The highest BCUT2D eigenvalue weighted by atomic mass is 127. The van der Waals surface area contributed by atoms with Crippen molar-refractivity contribution in [2.75, 3.05) is 30.0 Å². The maximum absolute atomic E-state index is 13.4. The molecular formula is C11H14FIN2O3S. The van der Waals surface area contributed by atoms with E-state index >= 15 is 0 Å². The lowest BCUT2D eigenvalue weighted by atomic mass is 10.2. The number of nitro benzene ring substituents is 1. The number of hydrogen-bond acceptors (Lipinski definition) is 5. The molecule has 0 fully saturated rings. The summed E-state index contributed by atoms with van der Waals surface area (Å²) in [5.74, 6) is 1.10. The highest BCUT2D eigenvalue weighted by molar-refractivity contribution is 14.1. The van der Waals surface area contributed by atoms with Gasteiger partial charge in [0.1, 0.15) is 11.5 Å². The predicted octanol–water partition coefficient (Wildman–Crippen LogP) is 2.87. The van der Waals surface area contributed by atoms with Crippen molar-refractivity contribution in [1.82, 2.24) is 0 Å². The Kier molecular flexibility index (Phi) is 7.39. The van der Waals surface area contributed by atoms with Gasteiger partial charge in [-0.25, -0.2) is 4.39 Å². The van der Waals surface area contributed by atoms with E-state index in [2.05, 4.69) is 5.32 Å². The Morgan fingerprint density at radius 3 is 2.84 bits per heavy atom. The minimum atomic E-state index is -0.525. The number of hydrogen-bond donors (Lipinski definition) is 2. The van der Waals surface area contributed by atoms with Gasteiger partial charge in [-0.05, 0) is 34.8 Å². The molecule has 5 nitrogen and oxygen atoms in total. The highest BCUT2D eigenvalue weighted by Crippen LogP contribution is 2.28. The Hall–Kier alpha value is -0.610. The molecule has 8 heteroatoms. The first-order valence-electron chi connectivity index (χ1n) is 5.62. The average Bonchev–Trinajstić information content (AvgIpc) is 2.37. The van der Waals surface area contributed by atoms with Gasteiger partial charge in [0.05, 0.1) is 8.49 Å². The van der Waals surface area contributed by atoms with Crippen LogP contribution in [0.3, 0.4) is 0 Å². The molecule has 0 heterocycles. The molecule has 0 aliphatic carbocycles. The number of nitrogens with one attached hydrogen (secondary N) is 1. The number of nitrogens with zero attached hydrogens (tertiary/aromatic N) is 1. The zero-order chi connectivity index (χ0) is 14.3. The van der Waals surface area contributed by atoms with Gasteiger partial charge in [-0.1, -0.05) is 0 Å². The predicted molar refractivity (Wildman–Crippen MR) is 83.3 cm³/mol. The van der Waals surface area contributed by atoms with Gasteiger partial charge in [0.2, 0.25) is 0 Å². The fourth-order valence-electron chi connectivity index (χ4n) is 1.36. The highest BCUT2D eigenvalue weighted by Gasteiger charge is 2.16. The van der Waals surface area contributed by atoms with E-state index in [1.807, 2.05) is 0 Å². The second-order valence-electron chi connectivity index (χ2n) is 3.66. The van der Waals surface area contributed by atoms with E-state index in [0.29, 0.717) is 6.54 Å². The quantitative estimate of drug-likeness (QED) is 0.304. The van der Waals surface area contributed by atoms with Gasteiger partial charge in [-0.15, -0.1) is 0 Å². The van der Waals surface area contributed by atoms with Crippen LogP contribution >= 0.6 is 34.4 Å². The molecule has 19 heavy (non-hydrogen) atoms. The third-order valence-electron chi connectivity index (χ3n) is 2.24. The van der Waals surface area contributed by atoms with Crippen molar-refractivity contribution < 1.29 is 14.4 Å². The number of thioether (sulfide) groups is 1. The number of rotatable bonds is 8. The molecule has 0 saturated carbocycles. The standard InChI is InChI=1S/C11H14FIN2O3S/c12-8-6-10(11(15(17)18)7-9(8)13)14-2-5-19-4-1-3-16/h6-7,14,16H,1-5H2. The SMILES string of the molecule is O=[N+]([O-])c1cc(I)c(F)cc1NCCSCCCO. The van der Waals surface area contributed by atoms with Crippen molar-refractivity contribution in [3.63, 3.8) is 0 Å². The Labute approximate surface area is 128 Å². The lowest BCUT2D eigenvalue weighted by Crippen LogP contribution is -2.07. The summed E-state index contributed by atoms with van der Waals surface area (Å²) >= 11 is 3.36.